The molecule has 1 nitrogen and oxygen atoms in total. The second-order valence-corrected chi connectivity index (χ2v) is 6.13. The first-order valence-electron chi connectivity index (χ1n) is 6.80. The number of hydrogen-bond acceptors (Lipinski definition) is 2. The lowest BCUT2D eigenvalue weighted by Crippen LogP contribution is -2.22. The standard InChI is InChI=1S/C16H19F2NS/c1-4-13-6-8-16(20-13)11(3)19-10(2)14-7-5-12(17)9-15(14)18/h5-11,19H,4H2,1-3H3. The van der Waals surface area contributed by atoms with E-state index in [0.29, 0.717) is 5.56 Å². The van der Waals surface area contributed by atoms with Gasteiger partial charge in [0.1, 0.15) is 11.6 Å². The molecular formula is C16H19F2NS. The molecule has 0 bridgehead atoms. The number of hydrogen-bond donors (Lipinski definition) is 1. The molecule has 0 aliphatic rings. The topological polar surface area (TPSA) is 12.0 Å². The SMILES string of the molecule is CCc1ccc(C(C)NC(C)c2ccc(F)cc2F)s1. The third-order valence-electron chi connectivity index (χ3n) is 3.39. The molecule has 20 heavy (non-hydrogen) atoms. The van der Waals surface area contributed by atoms with Crippen molar-refractivity contribution in [1.29, 1.82) is 0 Å². The number of rotatable bonds is 5. The molecule has 0 aliphatic carbocycles. The van der Waals surface area contributed by atoms with Gasteiger partial charge < -0.3 is 5.32 Å². The number of aryl methyl sites for hydroxylation is 1. The van der Waals surface area contributed by atoms with Crippen LogP contribution in [0.25, 0.3) is 0 Å². The summed E-state index contributed by atoms with van der Waals surface area (Å²) in [7, 11) is 0. The van der Waals surface area contributed by atoms with Gasteiger partial charge in [0, 0.05) is 33.5 Å². The molecule has 1 aromatic heterocycles. The van der Waals surface area contributed by atoms with Crippen LogP contribution in [0.2, 0.25) is 0 Å². The highest BCUT2D eigenvalue weighted by Gasteiger charge is 2.16. The lowest BCUT2D eigenvalue weighted by atomic mass is 10.1. The van der Waals surface area contributed by atoms with E-state index in [4.69, 9.17) is 0 Å². The minimum Gasteiger partial charge on any atom is -0.303 e. The summed E-state index contributed by atoms with van der Waals surface area (Å²) in [6.07, 6.45) is 1.03. The first-order chi connectivity index (χ1) is 9.51. The van der Waals surface area contributed by atoms with E-state index < -0.39 is 11.6 Å². The molecule has 0 spiro atoms. The summed E-state index contributed by atoms with van der Waals surface area (Å²) in [6.45, 7) is 6.08. The highest BCUT2D eigenvalue weighted by Crippen LogP contribution is 2.26. The molecule has 2 unspecified atom stereocenters. The molecule has 1 N–H and O–H groups in total. The van der Waals surface area contributed by atoms with Gasteiger partial charge in [-0.25, -0.2) is 8.78 Å². The average Bonchev–Trinajstić information content (AvgIpc) is 2.87. The molecule has 0 radical (unpaired) electrons. The second-order valence-electron chi connectivity index (χ2n) is 4.93. The minimum atomic E-state index is -0.544. The van der Waals surface area contributed by atoms with Crippen LogP contribution < -0.4 is 5.32 Å². The van der Waals surface area contributed by atoms with Crippen molar-refractivity contribution in [2.45, 2.75) is 39.3 Å². The van der Waals surface area contributed by atoms with Crippen molar-refractivity contribution in [1.82, 2.24) is 5.32 Å². The van der Waals surface area contributed by atoms with Crippen molar-refractivity contribution in [3.05, 3.63) is 57.3 Å². The van der Waals surface area contributed by atoms with Crippen LogP contribution in [0, 0.1) is 11.6 Å². The molecule has 0 saturated heterocycles. The lowest BCUT2D eigenvalue weighted by Gasteiger charge is -2.20. The molecule has 1 aromatic carbocycles. The lowest BCUT2D eigenvalue weighted by molar-refractivity contribution is 0.474. The fraction of sp³-hybridized carbons (Fsp3) is 0.375. The molecule has 0 amide bonds. The molecule has 2 atom stereocenters. The summed E-state index contributed by atoms with van der Waals surface area (Å²) in [5.74, 6) is -1.05. The van der Waals surface area contributed by atoms with Gasteiger partial charge in [0.15, 0.2) is 0 Å². The largest absolute Gasteiger partial charge is 0.303 e. The van der Waals surface area contributed by atoms with Crippen molar-refractivity contribution in [2.75, 3.05) is 0 Å². The van der Waals surface area contributed by atoms with Crippen molar-refractivity contribution in [3.63, 3.8) is 0 Å². The van der Waals surface area contributed by atoms with Crippen molar-refractivity contribution in [2.24, 2.45) is 0 Å². The summed E-state index contributed by atoms with van der Waals surface area (Å²) in [5.41, 5.74) is 0.491. The van der Waals surface area contributed by atoms with Crippen molar-refractivity contribution in [3.8, 4) is 0 Å². The van der Waals surface area contributed by atoms with E-state index in [-0.39, 0.29) is 12.1 Å². The first kappa shape index (κ1) is 15.1. The Morgan fingerprint density at radius 3 is 2.45 bits per heavy atom. The number of thiophene rings is 1. The zero-order valence-electron chi connectivity index (χ0n) is 11.9. The van der Waals surface area contributed by atoms with E-state index in [9.17, 15) is 8.78 Å². The molecule has 2 aromatic rings. The third-order valence-corrected chi connectivity index (χ3v) is 4.80. The van der Waals surface area contributed by atoms with E-state index in [2.05, 4.69) is 31.3 Å². The minimum absolute atomic E-state index is 0.139. The van der Waals surface area contributed by atoms with Crippen LogP contribution in [0.3, 0.4) is 0 Å². The monoisotopic (exact) mass is 295 g/mol. The summed E-state index contributed by atoms with van der Waals surface area (Å²) < 4.78 is 26.7. The van der Waals surface area contributed by atoms with Crippen LogP contribution >= 0.6 is 11.3 Å². The van der Waals surface area contributed by atoms with E-state index in [1.54, 1.807) is 11.3 Å². The first-order valence-corrected chi connectivity index (χ1v) is 7.62. The molecule has 0 fully saturated rings. The highest BCUT2D eigenvalue weighted by atomic mass is 32.1. The van der Waals surface area contributed by atoms with Crippen molar-refractivity contribution < 1.29 is 8.78 Å². The Kier molecular flexibility index (Phi) is 4.89. The average molecular weight is 295 g/mol. The van der Waals surface area contributed by atoms with Gasteiger partial charge in [-0.15, -0.1) is 11.3 Å². The molecule has 2 rings (SSSR count). The quantitative estimate of drug-likeness (QED) is 0.818. The summed E-state index contributed by atoms with van der Waals surface area (Å²) in [4.78, 5) is 2.57. The summed E-state index contributed by atoms with van der Waals surface area (Å²) in [6, 6.07) is 7.93. The van der Waals surface area contributed by atoms with Gasteiger partial charge in [-0.05, 0) is 38.5 Å². The van der Waals surface area contributed by atoms with Crippen LogP contribution in [0.15, 0.2) is 30.3 Å². The van der Waals surface area contributed by atoms with Crippen molar-refractivity contribution >= 4 is 11.3 Å². The van der Waals surface area contributed by atoms with Crippen LogP contribution in [0.5, 0.6) is 0 Å². The molecular weight excluding hydrogens is 276 g/mol. The highest BCUT2D eigenvalue weighted by molar-refractivity contribution is 7.12. The van der Waals surface area contributed by atoms with E-state index in [1.807, 2.05) is 6.92 Å². The third kappa shape index (κ3) is 3.44. The molecule has 1 heterocycles. The van der Waals surface area contributed by atoms with Crippen LogP contribution in [0.4, 0.5) is 8.78 Å². The smallest absolute Gasteiger partial charge is 0.130 e. The van der Waals surface area contributed by atoms with Crippen LogP contribution in [-0.4, -0.2) is 0 Å². The normalized spacial score (nSPS) is 14.2. The van der Waals surface area contributed by atoms with E-state index >= 15 is 0 Å². The van der Waals surface area contributed by atoms with Gasteiger partial charge in [0.25, 0.3) is 0 Å². The number of nitrogens with one attached hydrogen (secondary N) is 1. The Labute approximate surface area is 122 Å². The Balaban J connectivity index is 2.08. The number of benzene rings is 1. The Morgan fingerprint density at radius 2 is 1.85 bits per heavy atom. The van der Waals surface area contributed by atoms with Gasteiger partial charge in [-0.3, -0.25) is 0 Å². The molecule has 4 heteroatoms. The fourth-order valence-corrected chi connectivity index (χ4v) is 3.18. The zero-order valence-corrected chi connectivity index (χ0v) is 12.7. The Morgan fingerprint density at radius 1 is 1.10 bits per heavy atom. The predicted molar refractivity (Wildman–Crippen MR) is 80.0 cm³/mol. The van der Waals surface area contributed by atoms with Crippen LogP contribution in [0.1, 0.15) is 48.2 Å². The maximum Gasteiger partial charge on any atom is 0.130 e. The Hall–Kier alpha value is -1.26. The maximum absolute atomic E-state index is 13.7. The summed E-state index contributed by atoms with van der Waals surface area (Å²) in [5, 5.41) is 3.36. The van der Waals surface area contributed by atoms with Gasteiger partial charge in [-0.2, -0.15) is 0 Å². The molecule has 0 saturated carbocycles. The maximum atomic E-state index is 13.7. The van der Waals surface area contributed by atoms with E-state index in [1.165, 1.54) is 21.9 Å². The Bertz CT molecular complexity index is 580. The fourth-order valence-electron chi connectivity index (χ4n) is 2.22. The second kappa shape index (κ2) is 6.46. The predicted octanol–water partition coefficient (Wildman–Crippen LogP) is 5.00. The van der Waals surface area contributed by atoms with Gasteiger partial charge in [-0.1, -0.05) is 13.0 Å². The zero-order chi connectivity index (χ0) is 14.7. The summed E-state index contributed by atoms with van der Waals surface area (Å²) >= 11 is 1.77. The van der Waals surface area contributed by atoms with Gasteiger partial charge in [0.2, 0.25) is 0 Å². The van der Waals surface area contributed by atoms with E-state index in [0.717, 1.165) is 12.5 Å². The molecule has 108 valence electrons. The van der Waals surface area contributed by atoms with Crippen LogP contribution in [-0.2, 0) is 6.42 Å². The number of halogens is 2. The van der Waals surface area contributed by atoms with Gasteiger partial charge in [0.05, 0.1) is 0 Å². The van der Waals surface area contributed by atoms with Gasteiger partial charge >= 0.3 is 0 Å². The molecule has 0 aliphatic heterocycles.